The van der Waals surface area contributed by atoms with Crippen LogP contribution in [0.4, 0.5) is 18.9 Å². The minimum Gasteiger partial charge on any atom is -0.343 e. The number of aromatic nitrogens is 5. The number of hydrogen-bond donors (Lipinski definition) is 4. The number of benzene rings is 2. The fourth-order valence-corrected chi connectivity index (χ4v) is 4.64. The van der Waals surface area contributed by atoms with E-state index in [0.29, 0.717) is 16.9 Å². The van der Waals surface area contributed by atoms with Gasteiger partial charge in [0.25, 0.3) is 15.6 Å². The van der Waals surface area contributed by atoms with E-state index in [1.54, 1.807) is 6.20 Å². The van der Waals surface area contributed by atoms with Gasteiger partial charge in [-0.1, -0.05) is 6.07 Å². The molecule has 13 heteroatoms. The lowest BCUT2D eigenvalue weighted by Gasteiger charge is -2.13. The molecule has 172 valence electrons. The van der Waals surface area contributed by atoms with E-state index in [2.05, 4.69) is 25.1 Å². The van der Waals surface area contributed by atoms with E-state index in [1.807, 2.05) is 4.72 Å². The maximum Gasteiger partial charge on any atom is 0.268 e. The van der Waals surface area contributed by atoms with Crippen LogP contribution in [0.5, 0.6) is 0 Å². The van der Waals surface area contributed by atoms with E-state index in [0.717, 1.165) is 24.3 Å². The Balaban J connectivity index is 1.62. The third-order valence-electron chi connectivity index (χ3n) is 5.08. The quantitative estimate of drug-likeness (QED) is 0.301. The average molecular weight is 486 g/mol. The summed E-state index contributed by atoms with van der Waals surface area (Å²) in [5.41, 5.74) is -2.67. The Morgan fingerprint density at radius 2 is 1.76 bits per heavy atom. The number of hydrogen-bond acceptors (Lipinski definition) is 5. The number of halogens is 3. The number of pyridine rings is 1. The van der Waals surface area contributed by atoms with Gasteiger partial charge in [-0.3, -0.25) is 14.6 Å². The number of anilines is 1. The predicted molar refractivity (Wildman–Crippen MR) is 117 cm³/mol. The zero-order chi connectivity index (χ0) is 24.0. The summed E-state index contributed by atoms with van der Waals surface area (Å²) in [5, 5.41) is 6.83. The number of fused-ring (bicyclic) bond motifs is 1. The molecule has 0 saturated carbocycles. The molecular weight excluding hydrogens is 473 g/mol. The van der Waals surface area contributed by atoms with Crippen molar-refractivity contribution in [3.63, 3.8) is 0 Å². The zero-order valence-corrected chi connectivity index (χ0v) is 17.7. The standard InChI is InChI=1S/C21H13F3N6O3S/c22-12-5-6-13(30-34(32,33)14-2-1-7-27-21(14)31)17(24)15(12)10-3-4-11-18(16(10)23)28-29-19(11)20-25-8-9-26-20/h1-9,30H,(H,25,26)(H,27,31)(H,28,29). The molecule has 0 fully saturated rings. The monoisotopic (exact) mass is 486 g/mol. The van der Waals surface area contributed by atoms with Gasteiger partial charge in [0.05, 0.1) is 11.3 Å². The minimum absolute atomic E-state index is 0.121. The van der Waals surface area contributed by atoms with E-state index < -0.39 is 54.7 Å². The lowest BCUT2D eigenvalue weighted by Crippen LogP contribution is -2.23. The fourth-order valence-electron chi connectivity index (χ4n) is 3.52. The SMILES string of the molecule is O=c1[nH]cccc1S(=O)(=O)Nc1ccc(F)c(-c2ccc3c(-c4ncc[nH]4)n[nH]c3c2F)c1F. The molecule has 9 nitrogen and oxygen atoms in total. The fraction of sp³-hybridized carbons (Fsp3) is 0. The highest BCUT2D eigenvalue weighted by atomic mass is 32.2. The topological polar surface area (TPSA) is 136 Å². The van der Waals surface area contributed by atoms with E-state index in [1.165, 1.54) is 24.5 Å². The third-order valence-corrected chi connectivity index (χ3v) is 6.46. The Morgan fingerprint density at radius 1 is 0.941 bits per heavy atom. The summed E-state index contributed by atoms with van der Waals surface area (Å²) in [5.74, 6) is -3.12. The number of rotatable bonds is 5. The van der Waals surface area contributed by atoms with E-state index in [9.17, 15) is 17.6 Å². The van der Waals surface area contributed by atoms with Gasteiger partial charge in [0.15, 0.2) is 22.4 Å². The largest absolute Gasteiger partial charge is 0.343 e. The third kappa shape index (κ3) is 3.42. The Kier molecular flexibility index (Phi) is 4.97. The first-order valence-electron chi connectivity index (χ1n) is 9.63. The summed E-state index contributed by atoms with van der Waals surface area (Å²) >= 11 is 0. The molecule has 2 aromatic carbocycles. The average Bonchev–Trinajstić information content (AvgIpc) is 3.47. The van der Waals surface area contributed by atoms with Crippen molar-refractivity contribution < 1.29 is 21.6 Å². The number of nitrogens with one attached hydrogen (secondary N) is 4. The summed E-state index contributed by atoms with van der Waals surface area (Å²) in [6, 6.07) is 6.48. The molecule has 0 aliphatic carbocycles. The molecule has 3 heterocycles. The summed E-state index contributed by atoms with van der Waals surface area (Å²) in [4.78, 5) is 20.3. The van der Waals surface area contributed by atoms with Gasteiger partial charge in [0, 0.05) is 29.5 Å². The van der Waals surface area contributed by atoms with E-state index in [-0.39, 0.29) is 5.52 Å². The first kappa shape index (κ1) is 21.5. The summed E-state index contributed by atoms with van der Waals surface area (Å²) < 4.78 is 72.4. The molecule has 0 bridgehead atoms. The molecule has 0 aliphatic rings. The van der Waals surface area contributed by atoms with Crippen LogP contribution in [-0.4, -0.2) is 33.6 Å². The normalized spacial score (nSPS) is 11.7. The molecule has 4 N–H and O–H groups in total. The second kappa shape index (κ2) is 7.88. The molecule has 34 heavy (non-hydrogen) atoms. The van der Waals surface area contributed by atoms with Crippen molar-refractivity contribution in [2.24, 2.45) is 0 Å². The molecule has 0 spiro atoms. The zero-order valence-electron chi connectivity index (χ0n) is 16.9. The van der Waals surface area contributed by atoms with Crippen LogP contribution in [0.3, 0.4) is 0 Å². The van der Waals surface area contributed by atoms with Crippen LogP contribution in [-0.2, 0) is 10.0 Å². The molecule has 0 unspecified atom stereocenters. The van der Waals surface area contributed by atoms with Gasteiger partial charge < -0.3 is 9.97 Å². The van der Waals surface area contributed by atoms with Gasteiger partial charge in [-0.15, -0.1) is 0 Å². The molecule has 5 rings (SSSR count). The first-order chi connectivity index (χ1) is 16.3. The van der Waals surface area contributed by atoms with Gasteiger partial charge in [0.2, 0.25) is 0 Å². The number of aromatic amines is 3. The van der Waals surface area contributed by atoms with Crippen LogP contribution in [0.2, 0.25) is 0 Å². The highest BCUT2D eigenvalue weighted by Gasteiger charge is 2.25. The number of nitrogens with zero attached hydrogens (tertiary/aromatic N) is 2. The highest BCUT2D eigenvalue weighted by molar-refractivity contribution is 7.92. The molecule has 0 aliphatic heterocycles. The van der Waals surface area contributed by atoms with Crippen LogP contribution in [0.15, 0.2) is 64.7 Å². The van der Waals surface area contributed by atoms with Crippen LogP contribution in [0, 0.1) is 17.5 Å². The van der Waals surface area contributed by atoms with E-state index in [4.69, 9.17) is 0 Å². The lowest BCUT2D eigenvalue weighted by molar-refractivity contribution is 0.582. The van der Waals surface area contributed by atoms with Gasteiger partial charge in [-0.25, -0.2) is 26.6 Å². The Hall–Kier alpha value is -4.39. The number of H-pyrrole nitrogens is 3. The summed E-state index contributed by atoms with van der Waals surface area (Å²) in [7, 11) is -4.52. The van der Waals surface area contributed by atoms with Gasteiger partial charge in [-0.2, -0.15) is 5.10 Å². The van der Waals surface area contributed by atoms with Gasteiger partial charge in [0.1, 0.15) is 17.0 Å². The molecular formula is C21H13F3N6O3S. The van der Waals surface area contributed by atoms with Crippen LogP contribution in [0.1, 0.15) is 0 Å². The minimum atomic E-state index is -4.52. The van der Waals surface area contributed by atoms with Crippen molar-refractivity contribution in [1.29, 1.82) is 0 Å². The maximum absolute atomic E-state index is 15.3. The molecule has 0 radical (unpaired) electrons. The number of sulfonamides is 1. The molecule has 3 aromatic heterocycles. The lowest BCUT2D eigenvalue weighted by atomic mass is 10.0. The number of imidazole rings is 1. The molecule has 0 amide bonds. The Morgan fingerprint density at radius 3 is 2.50 bits per heavy atom. The first-order valence-corrected chi connectivity index (χ1v) is 11.1. The Labute approximate surface area is 188 Å². The molecule has 5 aromatic rings. The van der Waals surface area contributed by atoms with Crippen LogP contribution < -0.4 is 10.3 Å². The summed E-state index contributed by atoms with van der Waals surface area (Å²) in [6.07, 6.45) is 4.27. The Bertz CT molecular complexity index is 1710. The van der Waals surface area contributed by atoms with Gasteiger partial charge in [-0.05, 0) is 30.3 Å². The second-order valence-corrected chi connectivity index (χ2v) is 8.76. The highest BCUT2D eigenvalue weighted by Crippen LogP contribution is 2.36. The van der Waals surface area contributed by atoms with Crippen molar-refractivity contribution in [2.75, 3.05) is 4.72 Å². The van der Waals surface area contributed by atoms with Crippen molar-refractivity contribution in [2.45, 2.75) is 4.90 Å². The van der Waals surface area contributed by atoms with E-state index >= 15 is 8.78 Å². The molecule has 0 atom stereocenters. The predicted octanol–water partition coefficient (Wildman–Crippen LogP) is 3.53. The van der Waals surface area contributed by atoms with Crippen molar-refractivity contribution in [1.82, 2.24) is 25.1 Å². The smallest absolute Gasteiger partial charge is 0.268 e. The maximum atomic E-state index is 15.3. The van der Waals surface area contributed by atoms with Crippen molar-refractivity contribution in [3.8, 4) is 22.6 Å². The molecule has 0 saturated heterocycles. The van der Waals surface area contributed by atoms with Gasteiger partial charge >= 0.3 is 0 Å². The van der Waals surface area contributed by atoms with Crippen LogP contribution in [0.25, 0.3) is 33.5 Å². The van der Waals surface area contributed by atoms with Crippen molar-refractivity contribution in [3.05, 3.63) is 82.8 Å². The second-order valence-electron chi connectivity index (χ2n) is 7.11. The van der Waals surface area contributed by atoms with Crippen molar-refractivity contribution >= 4 is 26.6 Å². The summed E-state index contributed by atoms with van der Waals surface area (Å²) in [6.45, 7) is 0. The van der Waals surface area contributed by atoms with Crippen LogP contribution >= 0.6 is 0 Å².